The summed E-state index contributed by atoms with van der Waals surface area (Å²) in [6, 6.07) is 0.803. The van der Waals surface area contributed by atoms with E-state index in [1.54, 1.807) is 0 Å². The molecule has 1 atom stereocenters. The van der Waals surface area contributed by atoms with Gasteiger partial charge in [-0.25, -0.2) is 0 Å². The van der Waals surface area contributed by atoms with E-state index >= 15 is 0 Å². The Morgan fingerprint density at radius 3 is 2.32 bits per heavy atom. The van der Waals surface area contributed by atoms with Gasteiger partial charge in [0.2, 0.25) is 0 Å². The van der Waals surface area contributed by atoms with Crippen molar-refractivity contribution < 1.29 is 0 Å². The van der Waals surface area contributed by atoms with E-state index in [2.05, 4.69) is 37.9 Å². The van der Waals surface area contributed by atoms with E-state index in [-0.39, 0.29) is 0 Å². The van der Waals surface area contributed by atoms with Crippen molar-refractivity contribution in [2.24, 2.45) is 17.3 Å². The summed E-state index contributed by atoms with van der Waals surface area (Å²) in [6.45, 7) is 14.6. The van der Waals surface area contributed by atoms with Crippen molar-refractivity contribution >= 4 is 0 Å². The molecule has 2 aliphatic rings. The Hall–Kier alpha value is -0.0800. The van der Waals surface area contributed by atoms with E-state index in [0.717, 1.165) is 17.9 Å². The van der Waals surface area contributed by atoms with Gasteiger partial charge in [-0.2, -0.15) is 0 Å². The Morgan fingerprint density at radius 2 is 1.74 bits per heavy atom. The van der Waals surface area contributed by atoms with Gasteiger partial charge in [0.1, 0.15) is 0 Å². The molecule has 0 radical (unpaired) electrons. The van der Waals surface area contributed by atoms with Crippen molar-refractivity contribution in [3.05, 3.63) is 0 Å². The lowest BCUT2D eigenvalue weighted by molar-refractivity contribution is 0.225. The van der Waals surface area contributed by atoms with Crippen molar-refractivity contribution in [3.63, 3.8) is 0 Å². The van der Waals surface area contributed by atoms with Crippen molar-refractivity contribution in [2.45, 2.75) is 65.8 Å². The molecule has 1 N–H and O–H groups in total. The summed E-state index contributed by atoms with van der Waals surface area (Å²) in [5.41, 5.74) is 0.488. The van der Waals surface area contributed by atoms with Crippen LogP contribution in [-0.4, -0.2) is 37.1 Å². The van der Waals surface area contributed by atoms with Crippen LogP contribution in [0.15, 0.2) is 0 Å². The van der Waals surface area contributed by atoms with Crippen molar-refractivity contribution in [2.75, 3.05) is 26.2 Å². The van der Waals surface area contributed by atoms with Crippen LogP contribution in [0.5, 0.6) is 0 Å². The van der Waals surface area contributed by atoms with Gasteiger partial charge in [-0.3, -0.25) is 0 Å². The summed E-state index contributed by atoms with van der Waals surface area (Å²) in [7, 11) is 0. The first-order chi connectivity index (χ1) is 8.95. The molecular weight excluding hydrogens is 232 g/mol. The maximum Gasteiger partial charge on any atom is 0.0107 e. The number of nitrogens with zero attached hydrogens (tertiary/aromatic N) is 1. The van der Waals surface area contributed by atoms with Crippen LogP contribution in [-0.2, 0) is 0 Å². The number of rotatable bonds is 4. The minimum atomic E-state index is 0.488. The Bertz CT molecular complexity index is 261. The fraction of sp³-hybridized carbons (Fsp3) is 1.00. The van der Waals surface area contributed by atoms with Gasteiger partial charge >= 0.3 is 0 Å². The quantitative estimate of drug-likeness (QED) is 0.837. The zero-order chi connectivity index (χ0) is 13.9. The monoisotopic (exact) mass is 266 g/mol. The zero-order valence-electron chi connectivity index (χ0n) is 13.5. The first-order valence-corrected chi connectivity index (χ1v) is 8.41. The van der Waals surface area contributed by atoms with Gasteiger partial charge in [0.15, 0.2) is 0 Å². The fourth-order valence-electron chi connectivity index (χ4n) is 3.63. The maximum atomic E-state index is 3.78. The third-order valence-electron chi connectivity index (χ3n) is 5.37. The van der Waals surface area contributed by atoms with Gasteiger partial charge in [-0.15, -0.1) is 0 Å². The molecule has 0 amide bonds. The van der Waals surface area contributed by atoms with Crippen LogP contribution in [0.3, 0.4) is 0 Å². The molecule has 0 aromatic carbocycles. The van der Waals surface area contributed by atoms with Gasteiger partial charge in [-0.05, 0) is 55.9 Å². The molecule has 112 valence electrons. The first kappa shape index (κ1) is 15.3. The molecule has 0 aromatic rings. The lowest BCUT2D eigenvalue weighted by atomic mass is 9.80. The lowest BCUT2D eigenvalue weighted by Crippen LogP contribution is -2.38. The van der Waals surface area contributed by atoms with Crippen molar-refractivity contribution in [1.82, 2.24) is 10.2 Å². The van der Waals surface area contributed by atoms with Gasteiger partial charge in [0.25, 0.3) is 0 Å². The van der Waals surface area contributed by atoms with Crippen LogP contribution < -0.4 is 5.32 Å². The molecule has 1 aliphatic carbocycles. The highest BCUT2D eigenvalue weighted by atomic mass is 15.2. The highest BCUT2D eigenvalue weighted by molar-refractivity contribution is 4.84. The average Bonchev–Trinajstić information content (AvgIpc) is 2.80. The third-order valence-corrected chi connectivity index (χ3v) is 5.37. The van der Waals surface area contributed by atoms with Gasteiger partial charge < -0.3 is 10.2 Å². The molecule has 19 heavy (non-hydrogen) atoms. The largest absolute Gasteiger partial charge is 0.313 e. The predicted octanol–water partition coefficient (Wildman–Crippen LogP) is 3.52. The van der Waals surface area contributed by atoms with E-state index in [4.69, 9.17) is 0 Å². The molecule has 2 fully saturated rings. The van der Waals surface area contributed by atoms with Crippen molar-refractivity contribution in [3.8, 4) is 0 Å². The molecule has 1 unspecified atom stereocenters. The summed E-state index contributed by atoms with van der Waals surface area (Å²) in [5.74, 6) is 1.85. The highest BCUT2D eigenvalue weighted by Gasteiger charge is 2.31. The Balaban J connectivity index is 1.59. The van der Waals surface area contributed by atoms with E-state index in [9.17, 15) is 0 Å². The molecule has 1 saturated carbocycles. The molecule has 1 heterocycles. The van der Waals surface area contributed by atoms with E-state index in [1.165, 1.54) is 58.3 Å². The number of hydrogen-bond acceptors (Lipinski definition) is 2. The summed E-state index contributed by atoms with van der Waals surface area (Å²) in [4.78, 5) is 2.66. The second kappa shape index (κ2) is 6.58. The SMILES string of the molecule is CC1CCC(NCCN2CCC(C(C)(C)C)C2)CC1. The molecule has 1 saturated heterocycles. The van der Waals surface area contributed by atoms with Crippen LogP contribution in [0.4, 0.5) is 0 Å². The minimum Gasteiger partial charge on any atom is -0.313 e. The Kier molecular flexibility index (Phi) is 5.30. The molecule has 0 spiro atoms. The molecule has 0 aromatic heterocycles. The van der Waals surface area contributed by atoms with E-state index < -0.39 is 0 Å². The standard InChI is InChI=1S/C17H34N2/c1-14-5-7-16(8-6-14)18-10-12-19-11-9-15(13-19)17(2,3)4/h14-16,18H,5-13H2,1-4H3. The van der Waals surface area contributed by atoms with Crippen LogP contribution in [0.2, 0.25) is 0 Å². The predicted molar refractivity (Wildman–Crippen MR) is 83.4 cm³/mol. The molecular formula is C17H34N2. The second-order valence-electron chi connectivity index (χ2n) is 8.06. The average molecular weight is 266 g/mol. The summed E-state index contributed by atoms with van der Waals surface area (Å²) in [5, 5.41) is 3.78. The smallest absolute Gasteiger partial charge is 0.0107 e. The molecule has 1 aliphatic heterocycles. The van der Waals surface area contributed by atoms with Crippen LogP contribution in [0.25, 0.3) is 0 Å². The van der Waals surface area contributed by atoms with Crippen LogP contribution in [0.1, 0.15) is 59.8 Å². The number of hydrogen-bond donors (Lipinski definition) is 1. The summed E-state index contributed by atoms with van der Waals surface area (Å²) in [6.07, 6.45) is 7.03. The fourth-order valence-corrected chi connectivity index (χ4v) is 3.63. The van der Waals surface area contributed by atoms with E-state index in [0.29, 0.717) is 5.41 Å². The number of likely N-dealkylation sites (tertiary alicyclic amines) is 1. The molecule has 2 rings (SSSR count). The molecule has 2 heteroatoms. The summed E-state index contributed by atoms with van der Waals surface area (Å²) < 4.78 is 0. The van der Waals surface area contributed by atoms with Crippen molar-refractivity contribution in [1.29, 1.82) is 0 Å². The van der Waals surface area contributed by atoms with Gasteiger partial charge in [-0.1, -0.05) is 27.7 Å². The Labute approximate surface area is 120 Å². The maximum absolute atomic E-state index is 3.78. The van der Waals surface area contributed by atoms with Gasteiger partial charge in [0.05, 0.1) is 0 Å². The normalized spacial score (nSPS) is 33.8. The zero-order valence-corrected chi connectivity index (χ0v) is 13.5. The molecule has 2 nitrogen and oxygen atoms in total. The molecule has 0 bridgehead atoms. The second-order valence-corrected chi connectivity index (χ2v) is 8.06. The van der Waals surface area contributed by atoms with Gasteiger partial charge in [0, 0.05) is 25.7 Å². The topological polar surface area (TPSA) is 15.3 Å². The first-order valence-electron chi connectivity index (χ1n) is 8.41. The van der Waals surface area contributed by atoms with Crippen LogP contribution >= 0.6 is 0 Å². The minimum absolute atomic E-state index is 0.488. The summed E-state index contributed by atoms with van der Waals surface area (Å²) >= 11 is 0. The highest BCUT2D eigenvalue weighted by Crippen LogP contribution is 2.33. The van der Waals surface area contributed by atoms with E-state index in [1.807, 2.05) is 0 Å². The lowest BCUT2D eigenvalue weighted by Gasteiger charge is -2.29. The van der Waals surface area contributed by atoms with Crippen LogP contribution in [0, 0.1) is 17.3 Å². The third kappa shape index (κ3) is 4.75. The number of nitrogens with one attached hydrogen (secondary N) is 1. The Morgan fingerprint density at radius 1 is 1.05 bits per heavy atom.